The Morgan fingerprint density at radius 2 is 2.00 bits per heavy atom. The number of aliphatic imine (C=N–C) groups is 1. The minimum Gasteiger partial charge on any atom is -0.475 e. The van der Waals surface area contributed by atoms with Gasteiger partial charge in [-0.3, -0.25) is 0 Å². The maximum Gasteiger partial charge on any atom is 0.416 e. The Labute approximate surface area is 117 Å². The van der Waals surface area contributed by atoms with E-state index in [2.05, 4.69) is 20.9 Å². The van der Waals surface area contributed by atoms with Crippen molar-refractivity contribution in [3.63, 3.8) is 0 Å². The average Bonchev–Trinajstić information content (AvgIpc) is 2.76. The number of rotatable bonds is 2. The molecule has 1 heterocycles. The predicted molar refractivity (Wildman–Crippen MR) is 70.3 cm³/mol. The van der Waals surface area contributed by atoms with Gasteiger partial charge in [-0.2, -0.15) is 13.2 Å². The second kappa shape index (κ2) is 5.15. The maximum atomic E-state index is 12.7. The van der Waals surface area contributed by atoms with Gasteiger partial charge in [0, 0.05) is 10.0 Å². The summed E-state index contributed by atoms with van der Waals surface area (Å²) in [5.41, 5.74) is -0.360. The Balaban J connectivity index is 2.36. The third-order valence-corrected chi connectivity index (χ3v) is 3.37. The average molecular weight is 336 g/mol. The molecular weight excluding hydrogens is 323 g/mol. The number of alkyl halides is 3. The molecule has 0 aliphatic carbocycles. The molecule has 0 saturated heterocycles. The lowest BCUT2D eigenvalue weighted by Gasteiger charge is -2.09. The molecule has 19 heavy (non-hydrogen) atoms. The lowest BCUT2D eigenvalue weighted by molar-refractivity contribution is -0.137. The van der Waals surface area contributed by atoms with Crippen molar-refractivity contribution in [1.82, 2.24) is 0 Å². The van der Waals surface area contributed by atoms with Crippen LogP contribution in [0, 0.1) is 5.92 Å². The van der Waals surface area contributed by atoms with Crippen LogP contribution in [0.1, 0.15) is 25.0 Å². The molecule has 1 atom stereocenters. The highest BCUT2D eigenvalue weighted by molar-refractivity contribution is 9.10. The first-order valence-corrected chi connectivity index (χ1v) is 6.65. The summed E-state index contributed by atoms with van der Waals surface area (Å²) in [5, 5.41) is 0. The van der Waals surface area contributed by atoms with Crippen molar-refractivity contribution in [2.75, 3.05) is 6.61 Å². The first kappa shape index (κ1) is 14.4. The Bertz CT molecular complexity index is 511. The molecule has 0 aromatic heterocycles. The van der Waals surface area contributed by atoms with E-state index in [1.807, 2.05) is 13.8 Å². The highest BCUT2D eigenvalue weighted by atomic mass is 79.9. The van der Waals surface area contributed by atoms with Gasteiger partial charge in [-0.25, -0.2) is 4.99 Å². The van der Waals surface area contributed by atoms with Crippen LogP contribution in [0.2, 0.25) is 0 Å². The second-order valence-electron chi connectivity index (χ2n) is 4.78. The molecule has 2 nitrogen and oxygen atoms in total. The van der Waals surface area contributed by atoms with Crippen LogP contribution in [0.3, 0.4) is 0 Å². The van der Waals surface area contributed by atoms with Gasteiger partial charge in [-0.15, -0.1) is 0 Å². The molecule has 0 radical (unpaired) electrons. The molecule has 0 saturated carbocycles. The van der Waals surface area contributed by atoms with Crippen molar-refractivity contribution < 1.29 is 17.9 Å². The fourth-order valence-electron chi connectivity index (χ4n) is 1.77. The first-order valence-electron chi connectivity index (χ1n) is 5.86. The molecule has 0 bridgehead atoms. The molecule has 104 valence electrons. The topological polar surface area (TPSA) is 21.6 Å². The van der Waals surface area contributed by atoms with Crippen LogP contribution in [0.15, 0.2) is 27.7 Å². The summed E-state index contributed by atoms with van der Waals surface area (Å²) >= 11 is 3.09. The molecule has 0 amide bonds. The van der Waals surface area contributed by atoms with E-state index in [9.17, 15) is 13.2 Å². The monoisotopic (exact) mass is 335 g/mol. The lowest BCUT2D eigenvalue weighted by Crippen LogP contribution is -2.13. The third kappa shape index (κ3) is 3.29. The Kier molecular flexibility index (Phi) is 3.90. The van der Waals surface area contributed by atoms with Crippen LogP contribution in [-0.2, 0) is 10.9 Å². The Morgan fingerprint density at radius 3 is 2.53 bits per heavy atom. The Hall–Kier alpha value is -1.04. The van der Waals surface area contributed by atoms with E-state index in [1.165, 1.54) is 0 Å². The molecule has 1 aromatic carbocycles. The van der Waals surface area contributed by atoms with E-state index in [0.717, 1.165) is 12.1 Å². The van der Waals surface area contributed by atoms with Gasteiger partial charge >= 0.3 is 6.18 Å². The van der Waals surface area contributed by atoms with Crippen LogP contribution in [-0.4, -0.2) is 18.5 Å². The van der Waals surface area contributed by atoms with Gasteiger partial charge in [-0.1, -0.05) is 29.8 Å². The predicted octanol–water partition coefficient (Wildman–Crippen LogP) is 4.27. The molecule has 0 unspecified atom stereocenters. The molecule has 2 rings (SSSR count). The summed E-state index contributed by atoms with van der Waals surface area (Å²) in [5.74, 6) is 0.581. The van der Waals surface area contributed by atoms with Crippen LogP contribution in [0.25, 0.3) is 0 Å². The van der Waals surface area contributed by atoms with E-state index < -0.39 is 11.7 Å². The van der Waals surface area contributed by atoms with Crippen molar-refractivity contribution in [2.45, 2.75) is 26.1 Å². The van der Waals surface area contributed by atoms with E-state index in [-0.39, 0.29) is 11.9 Å². The van der Waals surface area contributed by atoms with Gasteiger partial charge in [0.2, 0.25) is 5.90 Å². The van der Waals surface area contributed by atoms with Gasteiger partial charge in [0.15, 0.2) is 0 Å². The van der Waals surface area contributed by atoms with Crippen LogP contribution in [0.4, 0.5) is 13.2 Å². The molecule has 1 aromatic rings. The minimum atomic E-state index is -4.38. The van der Waals surface area contributed by atoms with Crippen LogP contribution in [0.5, 0.6) is 0 Å². The summed E-state index contributed by atoms with van der Waals surface area (Å²) in [6.07, 6.45) is -4.38. The third-order valence-electron chi connectivity index (χ3n) is 2.92. The summed E-state index contributed by atoms with van der Waals surface area (Å²) in [6, 6.07) is 3.69. The second-order valence-corrected chi connectivity index (χ2v) is 5.70. The number of ether oxygens (including phenoxy) is 1. The van der Waals surface area contributed by atoms with Crippen molar-refractivity contribution >= 4 is 21.8 Å². The number of hydrogen-bond donors (Lipinski definition) is 0. The zero-order valence-electron chi connectivity index (χ0n) is 10.5. The fraction of sp³-hybridized carbons (Fsp3) is 0.462. The largest absolute Gasteiger partial charge is 0.475 e. The van der Waals surface area contributed by atoms with Gasteiger partial charge in [0.1, 0.15) is 6.61 Å². The molecule has 0 spiro atoms. The number of benzene rings is 1. The quantitative estimate of drug-likeness (QED) is 0.790. The molecule has 6 heteroatoms. The van der Waals surface area contributed by atoms with Crippen molar-refractivity contribution in [3.05, 3.63) is 33.8 Å². The van der Waals surface area contributed by atoms with Crippen LogP contribution >= 0.6 is 15.9 Å². The summed E-state index contributed by atoms with van der Waals surface area (Å²) in [4.78, 5) is 4.33. The number of nitrogens with zero attached hydrogens (tertiary/aromatic N) is 1. The molecule has 1 aliphatic rings. The molecule has 1 aliphatic heterocycles. The Morgan fingerprint density at radius 1 is 1.32 bits per heavy atom. The van der Waals surface area contributed by atoms with Crippen molar-refractivity contribution in [1.29, 1.82) is 0 Å². The zero-order valence-corrected chi connectivity index (χ0v) is 12.0. The highest BCUT2D eigenvalue weighted by Gasteiger charge is 2.32. The molecule has 0 fully saturated rings. The lowest BCUT2D eigenvalue weighted by atomic mass is 10.1. The molecule has 0 N–H and O–H groups in total. The van der Waals surface area contributed by atoms with Crippen molar-refractivity contribution in [2.24, 2.45) is 10.9 Å². The maximum absolute atomic E-state index is 12.7. The smallest absolute Gasteiger partial charge is 0.416 e. The van der Waals surface area contributed by atoms with Crippen LogP contribution < -0.4 is 0 Å². The SMILES string of the molecule is CC(C)[C@@H]1COC(c2cc(Br)cc(C(F)(F)F)c2)=N1. The van der Waals surface area contributed by atoms with E-state index >= 15 is 0 Å². The highest BCUT2D eigenvalue weighted by Crippen LogP contribution is 2.32. The van der Waals surface area contributed by atoms with Crippen molar-refractivity contribution in [3.8, 4) is 0 Å². The van der Waals surface area contributed by atoms with Gasteiger partial charge in [-0.05, 0) is 24.1 Å². The zero-order chi connectivity index (χ0) is 14.2. The molecular formula is C13H13BrF3NO. The van der Waals surface area contributed by atoms with E-state index in [0.29, 0.717) is 22.6 Å². The first-order chi connectivity index (χ1) is 8.77. The summed E-state index contributed by atoms with van der Waals surface area (Å²) < 4.78 is 44.0. The minimum absolute atomic E-state index is 0.00307. The van der Waals surface area contributed by atoms with E-state index in [1.54, 1.807) is 6.07 Å². The van der Waals surface area contributed by atoms with Gasteiger partial charge in [0.25, 0.3) is 0 Å². The number of halogens is 4. The van der Waals surface area contributed by atoms with Gasteiger partial charge < -0.3 is 4.74 Å². The number of hydrogen-bond acceptors (Lipinski definition) is 2. The normalized spacial score (nSPS) is 19.5. The summed E-state index contributed by atoms with van der Waals surface area (Å²) in [6.45, 7) is 4.42. The standard InChI is InChI=1S/C13H13BrF3NO/c1-7(2)11-6-19-12(18-11)8-3-9(13(15,16)17)5-10(14)4-8/h3-5,7,11H,6H2,1-2H3/t11-/m0/s1. The van der Waals surface area contributed by atoms with E-state index in [4.69, 9.17) is 4.74 Å². The van der Waals surface area contributed by atoms with Gasteiger partial charge in [0.05, 0.1) is 11.6 Å². The fourth-order valence-corrected chi connectivity index (χ4v) is 2.26. The summed E-state index contributed by atoms with van der Waals surface area (Å²) in [7, 11) is 0.